The van der Waals surface area contributed by atoms with E-state index in [0.29, 0.717) is 37.4 Å². The van der Waals surface area contributed by atoms with E-state index in [9.17, 15) is 9.59 Å². The second-order valence-electron chi connectivity index (χ2n) is 18.2. The average molecular weight is 1210 g/mol. The molecule has 0 aromatic heterocycles. The molecule has 0 unspecified atom stereocenters. The fraction of sp³-hybridized carbons (Fsp3) is 0.294. The number of aryl methyl sites for hydroxylation is 1. The Bertz CT molecular complexity index is 2890. The van der Waals surface area contributed by atoms with E-state index < -0.39 is 8.56 Å². The Labute approximate surface area is 523 Å². The van der Waals surface area contributed by atoms with E-state index in [1.54, 1.807) is 13.8 Å². The largest absolute Gasteiger partial charge is 1.00 e. The molecule has 1 fully saturated rings. The number of carbonyl (C=O) groups is 2. The van der Waals surface area contributed by atoms with Crippen LogP contribution < -0.4 is 29.2 Å². The first-order chi connectivity index (χ1) is 37.7. The Balaban J connectivity index is -0.000000958. The van der Waals surface area contributed by atoms with Gasteiger partial charge in [0, 0.05) is 66.9 Å². The van der Waals surface area contributed by atoms with E-state index >= 15 is 0 Å². The first-order valence-electron chi connectivity index (χ1n) is 26.9. The van der Waals surface area contributed by atoms with E-state index in [-0.39, 0.29) is 65.0 Å². The van der Waals surface area contributed by atoms with Gasteiger partial charge in [-0.05, 0) is 134 Å². The van der Waals surface area contributed by atoms with Crippen molar-refractivity contribution in [3.05, 3.63) is 217 Å². The molecule has 0 saturated carbocycles. The van der Waals surface area contributed by atoms with Gasteiger partial charge in [0.2, 0.25) is 0 Å². The molecule has 1 saturated heterocycles. The SMILES string of the molecule is Brc1ccc2ccccc2c1.C.C1CCOC1.C=C(C)C(=O)OCCC[Si](OCC)(OCC)c1ccc2ccccc2c1.C=CCOC(=O)C(=C)C.CCOCC.Cc1ccc2ccccc2c1.[2HH].[AlH3].[H-].[Li+].[SiH3]c1ccc2ccccc2c1. The summed E-state index contributed by atoms with van der Waals surface area (Å²) >= 11 is 3.43. The van der Waals surface area contributed by atoms with Crippen LogP contribution in [0.15, 0.2) is 211 Å². The quantitative estimate of drug-likeness (QED) is 0.0330. The molecule has 0 atom stereocenters. The molecule has 1 aliphatic heterocycles. The Kier molecular flexibility index (Phi) is 41.6. The molecule has 1 heterocycles. The van der Waals surface area contributed by atoms with Crippen molar-refractivity contribution in [1.29, 1.82) is 0 Å². The molecule has 0 radical (unpaired) electrons. The van der Waals surface area contributed by atoms with Crippen molar-refractivity contribution in [1.82, 2.24) is 0 Å². The van der Waals surface area contributed by atoms with E-state index in [1.165, 1.54) is 72.8 Å². The molecule has 81 heavy (non-hydrogen) atoms. The number of benzene rings is 8. The van der Waals surface area contributed by atoms with Crippen molar-refractivity contribution in [3.63, 3.8) is 0 Å². The van der Waals surface area contributed by atoms with Crippen LogP contribution in [0.25, 0.3) is 43.1 Å². The molecule has 432 valence electrons. The normalized spacial score (nSPS) is 10.8. The summed E-state index contributed by atoms with van der Waals surface area (Å²) in [5.41, 5.74) is 2.15. The maximum atomic E-state index is 11.6. The number of ether oxygens (including phenoxy) is 4. The van der Waals surface area contributed by atoms with Gasteiger partial charge in [0.25, 0.3) is 0 Å². The zero-order valence-corrected chi connectivity index (χ0v) is 53.1. The van der Waals surface area contributed by atoms with E-state index in [4.69, 9.17) is 23.1 Å². The molecule has 8 nitrogen and oxygen atoms in total. The summed E-state index contributed by atoms with van der Waals surface area (Å²) in [7, 11) is -1.46. The third-order valence-corrected chi connectivity index (χ3v) is 16.4. The summed E-state index contributed by atoms with van der Waals surface area (Å²) < 4.78 is 33.2. The van der Waals surface area contributed by atoms with Crippen LogP contribution in [0.4, 0.5) is 0 Å². The maximum absolute atomic E-state index is 11.6. The van der Waals surface area contributed by atoms with E-state index in [2.05, 4.69) is 205 Å². The van der Waals surface area contributed by atoms with Gasteiger partial charge in [0.15, 0.2) is 17.4 Å². The summed E-state index contributed by atoms with van der Waals surface area (Å²) in [6, 6.07) is 60.1. The average Bonchev–Trinajstić information content (AvgIpc) is 4.09. The smallest absolute Gasteiger partial charge is 1.00 e. The predicted octanol–water partition coefficient (Wildman–Crippen LogP) is 11.6. The van der Waals surface area contributed by atoms with E-state index in [1.807, 2.05) is 39.8 Å². The van der Waals surface area contributed by atoms with Crippen LogP contribution >= 0.6 is 15.9 Å². The van der Waals surface area contributed by atoms with Crippen molar-refractivity contribution >= 4 is 117 Å². The fourth-order valence-corrected chi connectivity index (χ4v) is 11.8. The Morgan fingerprint density at radius 1 is 0.617 bits per heavy atom. The summed E-state index contributed by atoms with van der Waals surface area (Å²) in [6.45, 7) is 29.2. The molecule has 0 aliphatic carbocycles. The van der Waals surface area contributed by atoms with Crippen molar-refractivity contribution in [3.8, 4) is 0 Å². The van der Waals surface area contributed by atoms with Crippen LogP contribution in [0.2, 0.25) is 6.04 Å². The van der Waals surface area contributed by atoms with Crippen LogP contribution in [0.1, 0.15) is 76.6 Å². The van der Waals surface area contributed by atoms with Gasteiger partial charge in [-0.15, -0.1) is 0 Å². The van der Waals surface area contributed by atoms with E-state index in [0.717, 1.165) is 52.4 Å². The molecule has 9 rings (SSSR count). The number of hydrogen-bond acceptors (Lipinski definition) is 8. The predicted molar refractivity (Wildman–Crippen MR) is 360 cm³/mol. The molecular formula is C68H93AlBrLiO8Si2. The van der Waals surface area contributed by atoms with Crippen LogP contribution in [-0.2, 0) is 37.4 Å². The summed E-state index contributed by atoms with van der Waals surface area (Å²) in [5.74, 6) is -0.717. The van der Waals surface area contributed by atoms with Gasteiger partial charge in [-0.25, -0.2) is 9.59 Å². The molecule has 1 aliphatic rings. The summed E-state index contributed by atoms with van der Waals surface area (Å²) in [6.07, 6.45) is 4.76. The zero-order valence-electron chi connectivity index (χ0n) is 49.5. The van der Waals surface area contributed by atoms with Crippen LogP contribution in [0.3, 0.4) is 0 Å². The molecule has 0 amide bonds. The molecule has 13 heteroatoms. The topological polar surface area (TPSA) is 89.5 Å². The van der Waals surface area contributed by atoms with Crippen molar-refractivity contribution in [2.75, 3.05) is 52.9 Å². The van der Waals surface area contributed by atoms with Gasteiger partial charge < -0.3 is 29.2 Å². The first-order valence-corrected chi connectivity index (χ1v) is 30.8. The third kappa shape index (κ3) is 29.6. The summed E-state index contributed by atoms with van der Waals surface area (Å²) in [4.78, 5) is 22.1. The number of hydrogen-bond donors (Lipinski definition) is 0. The van der Waals surface area contributed by atoms with Gasteiger partial charge in [-0.1, -0.05) is 218 Å². The number of esters is 2. The van der Waals surface area contributed by atoms with Crippen molar-refractivity contribution < 1.29 is 59.1 Å². The van der Waals surface area contributed by atoms with Crippen LogP contribution in [0, 0.1) is 6.92 Å². The second-order valence-corrected chi connectivity index (χ2v) is 23.4. The summed E-state index contributed by atoms with van der Waals surface area (Å²) in [5, 5.41) is 12.9. The fourth-order valence-electron chi connectivity index (χ4n) is 7.73. The number of fused-ring (bicyclic) bond motifs is 4. The molecule has 0 N–H and O–H groups in total. The molecule has 8 aromatic carbocycles. The minimum atomic E-state index is -2.60. The maximum Gasteiger partial charge on any atom is 1.00 e. The third-order valence-electron chi connectivity index (χ3n) is 11.6. The van der Waals surface area contributed by atoms with Crippen LogP contribution in [0.5, 0.6) is 0 Å². The number of carbonyl (C=O) groups excluding carboxylic acids is 2. The van der Waals surface area contributed by atoms with Gasteiger partial charge >= 0.3 is 39.4 Å². The molecule has 0 spiro atoms. The van der Waals surface area contributed by atoms with Gasteiger partial charge in [0.1, 0.15) is 6.61 Å². The Morgan fingerprint density at radius 2 is 1.04 bits per heavy atom. The van der Waals surface area contributed by atoms with Gasteiger partial charge in [0.05, 0.1) is 6.61 Å². The standard InChI is InChI=1S/C21H28O4Si.C11H10.C10H7Br.C10H10Si.C7H10O2.C4H8O.C4H10O.CH4.Al.Li.H2.4H/c1-5-24-26(25-6-2,15-9-14-23-21(22)17(3)4)20-13-12-18-10-7-8-11-19(18)16-20;1-9-6-7-10-4-2-3-5-11(10)8-9;2*11-10-6-5-8-3-1-2-4-9(8)7-10;1-4-5-9-7(8)6(2)3;1-2-4-5-3-1;1-3-5-4-2;;;;;;;;/h7-8,10-13,16H,3,5-6,9,14-15H2,1-2,4H3;2-8H,1H3;1-7H;1-7H,11H3;4H,1-2,5H2,3H3;1-4H2;3-4H2,1-2H3;1H4;;;1H;;;;/q;;;;;;;;;+1;;;;;-1/i;;;;;;;;;;1+1;;;;. The second kappa shape index (κ2) is 44.4. The van der Waals surface area contributed by atoms with Gasteiger partial charge in [-0.3, -0.25) is 0 Å². The molecule has 0 bridgehead atoms. The van der Waals surface area contributed by atoms with Crippen LogP contribution in [-0.4, -0.2) is 101 Å². The van der Waals surface area contributed by atoms with Gasteiger partial charge in [-0.2, -0.15) is 0 Å². The first kappa shape index (κ1) is 75.8. The Morgan fingerprint density at radius 3 is 1.47 bits per heavy atom. The number of halogens is 1. The number of rotatable bonds is 15. The zero-order chi connectivity index (χ0) is 57.0. The monoisotopic (exact) mass is 1210 g/mol. The minimum absolute atomic E-state index is 0. The Hall–Kier alpha value is -5.16. The molecular weight excluding hydrogens is 1110 g/mol. The van der Waals surface area contributed by atoms with Crippen molar-refractivity contribution in [2.24, 2.45) is 0 Å². The van der Waals surface area contributed by atoms with Crippen molar-refractivity contribution in [2.45, 2.75) is 81.2 Å². The molecule has 8 aromatic rings. The minimum Gasteiger partial charge on any atom is -1.00 e.